The largest absolute Gasteiger partial charge is 0.493 e. The second-order valence-electron chi connectivity index (χ2n) is 6.32. The molecule has 1 aliphatic rings. The fourth-order valence-electron chi connectivity index (χ4n) is 2.73. The standard InChI is InChI=1S/C21H23N3O4S/c1-15(25)22-21-23-24(16(2)26)20(29-21)18-11-6-7-12-19(18)28-14-8-13-27-17-9-4-3-5-10-17/h3-7,9-12,20H,8,13-14H2,1-2H3,(H,22,23,25). The predicted molar refractivity (Wildman–Crippen MR) is 113 cm³/mol. The quantitative estimate of drug-likeness (QED) is 0.703. The second kappa shape index (κ2) is 9.97. The number of nitrogens with zero attached hydrogens (tertiary/aromatic N) is 2. The molecule has 0 radical (unpaired) electrons. The molecular weight excluding hydrogens is 390 g/mol. The zero-order chi connectivity index (χ0) is 20.6. The van der Waals surface area contributed by atoms with E-state index in [4.69, 9.17) is 9.47 Å². The minimum atomic E-state index is -0.397. The van der Waals surface area contributed by atoms with E-state index in [9.17, 15) is 9.59 Å². The number of para-hydroxylation sites is 2. The summed E-state index contributed by atoms with van der Waals surface area (Å²) in [4.78, 5) is 23.4. The molecule has 1 N–H and O–H groups in total. The van der Waals surface area contributed by atoms with E-state index >= 15 is 0 Å². The van der Waals surface area contributed by atoms with Crippen LogP contribution in [0.3, 0.4) is 0 Å². The van der Waals surface area contributed by atoms with Gasteiger partial charge in [0.25, 0.3) is 0 Å². The zero-order valence-electron chi connectivity index (χ0n) is 16.3. The number of carbonyl (C=O) groups is 2. The van der Waals surface area contributed by atoms with Gasteiger partial charge in [-0.2, -0.15) is 0 Å². The van der Waals surface area contributed by atoms with Gasteiger partial charge in [0.05, 0.1) is 13.2 Å². The Kier molecular flexibility index (Phi) is 7.13. The summed E-state index contributed by atoms with van der Waals surface area (Å²) in [6.45, 7) is 3.86. The minimum absolute atomic E-state index is 0.214. The Morgan fingerprint density at radius 1 is 1.03 bits per heavy atom. The maximum absolute atomic E-state index is 12.0. The zero-order valence-corrected chi connectivity index (χ0v) is 17.1. The number of amidine groups is 1. The van der Waals surface area contributed by atoms with Crippen LogP contribution in [0.1, 0.15) is 31.2 Å². The Labute approximate surface area is 174 Å². The van der Waals surface area contributed by atoms with Crippen molar-refractivity contribution in [3.8, 4) is 11.5 Å². The molecule has 0 aromatic heterocycles. The fourth-order valence-corrected chi connectivity index (χ4v) is 3.90. The van der Waals surface area contributed by atoms with Gasteiger partial charge >= 0.3 is 0 Å². The van der Waals surface area contributed by atoms with Crippen molar-refractivity contribution in [1.82, 2.24) is 10.3 Å². The summed E-state index contributed by atoms with van der Waals surface area (Å²) in [6, 6.07) is 17.2. The van der Waals surface area contributed by atoms with E-state index in [1.807, 2.05) is 54.6 Å². The van der Waals surface area contributed by atoms with E-state index in [0.29, 0.717) is 30.6 Å². The van der Waals surface area contributed by atoms with E-state index < -0.39 is 5.37 Å². The van der Waals surface area contributed by atoms with Crippen LogP contribution in [0.5, 0.6) is 11.5 Å². The van der Waals surface area contributed by atoms with Crippen LogP contribution in [-0.2, 0) is 9.59 Å². The van der Waals surface area contributed by atoms with Gasteiger partial charge in [0.1, 0.15) is 16.9 Å². The molecule has 0 saturated heterocycles. The molecule has 29 heavy (non-hydrogen) atoms. The van der Waals surface area contributed by atoms with Crippen molar-refractivity contribution in [2.75, 3.05) is 13.2 Å². The van der Waals surface area contributed by atoms with Crippen LogP contribution < -0.4 is 14.8 Å². The number of ether oxygens (including phenoxy) is 2. The van der Waals surface area contributed by atoms with Gasteiger partial charge in [0.2, 0.25) is 11.8 Å². The molecule has 2 aromatic carbocycles. The van der Waals surface area contributed by atoms with E-state index in [0.717, 1.165) is 11.3 Å². The molecule has 0 bridgehead atoms. The molecule has 0 aliphatic carbocycles. The first-order valence-corrected chi connectivity index (χ1v) is 10.1. The van der Waals surface area contributed by atoms with Crippen LogP contribution in [0, 0.1) is 0 Å². The Bertz CT molecular complexity index is 889. The van der Waals surface area contributed by atoms with Gasteiger partial charge < -0.3 is 14.8 Å². The fraction of sp³-hybridized carbons (Fsp3) is 0.286. The van der Waals surface area contributed by atoms with Gasteiger partial charge in [0, 0.05) is 25.8 Å². The summed E-state index contributed by atoms with van der Waals surface area (Å²) >= 11 is 1.30. The van der Waals surface area contributed by atoms with Crippen LogP contribution >= 0.6 is 11.8 Å². The number of carbonyl (C=O) groups excluding carboxylic acids is 2. The Morgan fingerprint density at radius 2 is 1.72 bits per heavy atom. The van der Waals surface area contributed by atoms with Gasteiger partial charge in [-0.3, -0.25) is 9.59 Å². The van der Waals surface area contributed by atoms with Crippen molar-refractivity contribution in [1.29, 1.82) is 0 Å². The third kappa shape index (κ3) is 5.74. The highest BCUT2D eigenvalue weighted by molar-refractivity contribution is 8.14. The van der Waals surface area contributed by atoms with Crippen LogP contribution in [0.25, 0.3) is 0 Å². The average Bonchev–Trinajstić information content (AvgIpc) is 3.12. The highest BCUT2D eigenvalue weighted by Crippen LogP contribution is 2.42. The van der Waals surface area contributed by atoms with Crippen molar-refractivity contribution in [3.63, 3.8) is 0 Å². The number of rotatable bonds is 7. The van der Waals surface area contributed by atoms with Crippen molar-refractivity contribution >= 4 is 28.7 Å². The normalized spacial score (nSPS) is 15.6. The van der Waals surface area contributed by atoms with Crippen LogP contribution in [0.15, 0.2) is 59.7 Å². The second-order valence-corrected chi connectivity index (χ2v) is 7.39. The molecule has 3 rings (SSSR count). The summed E-state index contributed by atoms with van der Waals surface area (Å²) in [5.41, 5.74) is 0.820. The number of hydrogen-bond donors (Lipinski definition) is 1. The SMILES string of the molecule is CC(=O)NC1=NN(C(C)=O)C(c2ccccc2OCCCOc2ccccc2)S1. The van der Waals surface area contributed by atoms with E-state index in [-0.39, 0.29) is 11.8 Å². The smallest absolute Gasteiger partial charge is 0.241 e. The van der Waals surface area contributed by atoms with Crippen molar-refractivity contribution in [2.45, 2.75) is 25.6 Å². The number of amides is 2. The monoisotopic (exact) mass is 413 g/mol. The Morgan fingerprint density at radius 3 is 2.45 bits per heavy atom. The highest BCUT2D eigenvalue weighted by atomic mass is 32.2. The topological polar surface area (TPSA) is 80.2 Å². The molecule has 1 atom stereocenters. The molecule has 1 unspecified atom stereocenters. The minimum Gasteiger partial charge on any atom is -0.493 e. The van der Waals surface area contributed by atoms with Crippen molar-refractivity contribution in [2.24, 2.45) is 5.10 Å². The molecule has 0 spiro atoms. The van der Waals surface area contributed by atoms with Crippen molar-refractivity contribution in [3.05, 3.63) is 60.2 Å². The molecule has 8 heteroatoms. The first kappa shape index (κ1) is 20.7. The Balaban J connectivity index is 1.61. The van der Waals surface area contributed by atoms with Crippen LogP contribution in [-0.4, -0.2) is 35.2 Å². The summed E-state index contributed by atoms with van der Waals surface area (Å²) in [6.07, 6.45) is 0.713. The summed E-state index contributed by atoms with van der Waals surface area (Å²) in [5.74, 6) is 1.06. The number of thioether (sulfide) groups is 1. The lowest BCUT2D eigenvalue weighted by Gasteiger charge is -2.21. The lowest BCUT2D eigenvalue weighted by atomic mass is 10.2. The summed E-state index contributed by atoms with van der Waals surface area (Å²) in [7, 11) is 0. The number of hydrazone groups is 1. The van der Waals surface area contributed by atoms with E-state index in [2.05, 4.69) is 10.4 Å². The summed E-state index contributed by atoms with van der Waals surface area (Å²) in [5, 5.41) is 8.22. The lowest BCUT2D eigenvalue weighted by Crippen LogP contribution is -2.25. The average molecular weight is 413 g/mol. The van der Waals surface area contributed by atoms with Crippen LogP contribution in [0.2, 0.25) is 0 Å². The van der Waals surface area contributed by atoms with Gasteiger partial charge in [-0.25, -0.2) is 5.01 Å². The summed E-state index contributed by atoms with van der Waals surface area (Å²) < 4.78 is 11.6. The van der Waals surface area contributed by atoms with E-state index in [1.165, 1.54) is 30.6 Å². The molecule has 0 saturated carbocycles. The molecular formula is C21H23N3O4S. The lowest BCUT2D eigenvalue weighted by molar-refractivity contribution is -0.129. The van der Waals surface area contributed by atoms with Gasteiger partial charge in [-0.1, -0.05) is 48.2 Å². The molecule has 152 valence electrons. The third-order valence-electron chi connectivity index (χ3n) is 3.99. The maximum Gasteiger partial charge on any atom is 0.241 e. The van der Waals surface area contributed by atoms with Gasteiger partial charge in [0.15, 0.2) is 5.17 Å². The number of benzene rings is 2. The molecule has 7 nitrogen and oxygen atoms in total. The van der Waals surface area contributed by atoms with Gasteiger partial charge in [-0.05, 0) is 18.2 Å². The first-order valence-electron chi connectivity index (χ1n) is 9.27. The third-order valence-corrected chi connectivity index (χ3v) is 5.08. The molecule has 0 fully saturated rings. The number of hydrogen-bond acceptors (Lipinski definition) is 6. The van der Waals surface area contributed by atoms with Gasteiger partial charge in [-0.15, -0.1) is 5.10 Å². The van der Waals surface area contributed by atoms with Crippen LogP contribution in [0.4, 0.5) is 0 Å². The maximum atomic E-state index is 12.0. The van der Waals surface area contributed by atoms with Crippen molar-refractivity contribution < 1.29 is 19.1 Å². The molecule has 2 aromatic rings. The predicted octanol–water partition coefficient (Wildman–Crippen LogP) is 3.54. The van der Waals surface area contributed by atoms with E-state index in [1.54, 1.807) is 0 Å². The molecule has 2 amide bonds. The first-order chi connectivity index (χ1) is 14.0. The number of nitrogens with one attached hydrogen (secondary N) is 1. The molecule has 1 heterocycles. The highest BCUT2D eigenvalue weighted by Gasteiger charge is 2.34. The molecule has 1 aliphatic heterocycles. The Hall–Kier alpha value is -3.00.